The average molecular weight is 196 g/mol. The topological polar surface area (TPSA) is 49.8 Å². The third-order valence-corrected chi connectivity index (χ3v) is 1.40. The molecular weight excluding hydrogens is 186 g/mol. The summed E-state index contributed by atoms with van der Waals surface area (Å²) in [5.41, 5.74) is 4.58. The van der Waals surface area contributed by atoms with E-state index >= 15 is 0 Å². The van der Waals surface area contributed by atoms with Crippen molar-refractivity contribution >= 4 is 0 Å². The lowest BCUT2D eigenvalue weighted by molar-refractivity contribution is 0.640. The standard InChI is InChI=1S/C10H10F2N2/c1-6(2)8(7(3)11)4-9(12)10(14)5-13/h4H,1,3,14H2,2H3/b8-4-,10-9+. The monoisotopic (exact) mass is 196 g/mol. The molecule has 14 heavy (non-hydrogen) atoms. The molecule has 0 aliphatic carbocycles. The first kappa shape index (κ1) is 12.1. The van der Waals surface area contributed by atoms with Gasteiger partial charge in [0.1, 0.15) is 17.6 Å². The highest BCUT2D eigenvalue weighted by Gasteiger charge is 2.06. The Kier molecular flexibility index (Phi) is 4.30. The largest absolute Gasteiger partial charge is 0.388 e. The summed E-state index contributed by atoms with van der Waals surface area (Å²) in [6, 6.07) is 1.40. The molecule has 0 saturated heterocycles. The summed E-state index contributed by atoms with van der Waals surface area (Å²) in [7, 11) is 0. The van der Waals surface area contributed by atoms with Gasteiger partial charge in [-0.05, 0) is 18.6 Å². The van der Waals surface area contributed by atoms with E-state index in [1.165, 1.54) is 13.0 Å². The number of nitrogens with two attached hydrogens (primary N) is 1. The first-order valence-corrected chi connectivity index (χ1v) is 3.67. The second kappa shape index (κ2) is 4.97. The van der Waals surface area contributed by atoms with Gasteiger partial charge in [-0.3, -0.25) is 0 Å². The molecule has 0 spiro atoms. The van der Waals surface area contributed by atoms with Crippen molar-refractivity contribution in [2.24, 2.45) is 5.73 Å². The van der Waals surface area contributed by atoms with Crippen LogP contribution in [0, 0.1) is 11.3 Å². The van der Waals surface area contributed by atoms with Crippen LogP contribution in [0.3, 0.4) is 0 Å². The first-order chi connectivity index (χ1) is 6.40. The molecule has 2 nitrogen and oxygen atoms in total. The zero-order chi connectivity index (χ0) is 11.3. The molecule has 2 N–H and O–H groups in total. The quantitative estimate of drug-likeness (QED) is 0.557. The van der Waals surface area contributed by atoms with E-state index < -0.39 is 17.4 Å². The van der Waals surface area contributed by atoms with Crippen LogP contribution >= 0.6 is 0 Å². The van der Waals surface area contributed by atoms with Gasteiger partial charge in [-0.1, -0.05) is 13.2 Å². The van der Waals surface area contributed by atoms with Crippen LogP contribution in [0.4, 0.5) is 8.78 Å². The van der Waals surface area contributed by atoms with E-state index in [2.05, 4.69) is 13.2 Å². The molecule has 0 unspecified atom stereocenters. The number of halogens is 2. The number of allylic oxidation sites excluding steroid dienone is 6. The molecule has 0 saturated carbocycles. The SMILES string of the molecule is C=C(C)/C(=C/C(F)=C(\N)C#N)C(=C)F. The summed E-state index contributed by atoms with van der Waals surface area (Å²) >= 11 is 0. The van der Waals surface area contributed by atoms with Crippen molar-refractivity contribution in [2.45, 2.75) is 6.92 Å². The van der Waals surface area contributed by atoms with Gasteiger partial charge < -0.3 is 5.73 Å². The molecule has 0 atom stereocenters. The smallest absolute Gasteiger partial charge is 0.157 e. The Hall–Kier alpha value is -1.89. The predicted molar refractivity (Wildman–Crippen MR) is 51.1 cm³/mol. The molecule has 0 radical (unpaired) electrons. The van der Waals surface area contributed by atoms with Crippen molar-refractivity contribution in [3.05, 3.63) is 47.7 Å². The fraction of sp³-hybridized carbons (Fsp3) is 0.100. The molecule has 0 aliphatic heterocycles. The summed E-state index contributed by atoms with van der Waals surface area (Å²) in [6.45, 7) is 7.93. The van der Waals surface area contributed by atoms with E-state index in [9.17, 15) is 8.78 Å². The Balaban J connectivity index is 5.26. The predicted octanol–water partition coefficient (Wildman–Crippen LogP) is 2.64. The van der Waals surface area contributed by atoms with Crippen molar-refractivity contribution in [1.29, 1.82) is 5.26 Å². The third kappa shape index (κ3) is 3.23. The molecule has 0 aromatic carbocycles. The van der Waals surface area contributed by atoms with E-state index in [1.807, 2.05) is 0 Å². The molecule has 0 amide bonds. The van der Waals surface area contributed by atoms with E-state index in [-0.39, 0.29) is 5.57 Å². The summed E-state index contributed by atoms with van der Waals surface area (Å²) in [4.78, 5) is 0. The van der Waals surface area contributed by atoms with Crippen LogP contribution in [0.15, 0.2) is 47.7 Å². The van der Waals surface area contributed by atoms with Gasteiger partial charge in [0, 0.05) is 5.57 Å². The Bertz CT molecular complexity index is 354. The number of hydrogen-bond donors (Lipinski definition) is 1. The Morgan fingerprint density at radius 1 is 1.43 bits per heavy atom. The van der Waals surface area contributed by atoms with Crippen molar-refractivity contribution in [3.63, 3.8) is 0 Å². The minimum Gasteiger partial charge on any atom is -0.388 e. The maximum atomic E-state index is 13.0. The molecule has 0 rings (SSSR count). The average Bonchev–Trinajstić information content (AvgIpc) is 2.11. The van der Waals surface area contributed by atoms with Gasteiger partial charge in [0.25, 0.3) is 0 Å². The Labute approximate surface area is 81.3 Å². The van der Waals surface area contributed by atoms with E-state index in [0.29, 0.717) is 5.57 Å². The fourth-order valence-electron chi connectivity index (χ4n) is 0.691. The second-order valence-electron chi connectivity index (χ2n) is 2.62. The van der Waals surface area contributed by atoms with Gasteiger partial charge >= 0.3 is 0 Å². The maximum Gasteiger partial charge on any atom is 0.157 e. The van der Waals surface area contributed by atoms with E-state index in [1.54, 1.807) is 0 Å². The molecule has 0 heterocycles. The molecule has 0 aromatic rings. The van der Waals surface area contributed by atoms with Crippen molar-refractivity contribution < 1.29 is 8.78 Å². The van der Waals surface area contributed by atoms with E-state index in [4.69, 9.17) is 11.0 Å². The summed E-state index contributed by atoms with van der Waals surface area (Å²) < 4.78 is 25.7. The summed E-state index contributed by atoms with van der Waals surface area (Å²) in [6.07, 6.45) is 0.795. The van der Waals surface area contributed by atoms with Crippen LogP contribution in [-0.2, 0) is 0 Å². The Morgan fingerprint density at radius 3 is 2.21 bits per heavy atom. The van der Waals surface area contributed by atoms with Crippen LogP contribution in [0.25, 0.3) is 0 Å². The molecular formula is C10H10F2N2. The van der Waals surface area contributed by atoms with Crippen LogP contribution in [0.5, 0.6) is 0 Å². The highest BCUT2D eigenvalue weighted by Crippen LogP contribution is 2.20. The van der Waals surface area contributed by atoms with Gasteiger partial charge in [0.15, 0.2) is 5.83 Å². The lowest BCUT2D eigenvalue weighted by Gasteiger charge is -2.01. The molecule has 0 bridgehead atoms. The van der Waals surface area contributed by atoms with Crippen molar-refractivity contribution in [1.82, 2.24) is 0 Å². The molecule has 74 valence electrons. The maximum absolute atomic E-state index is 13.0. The van der Waals surface area contributed by atoms with Gasteiger partial charge in [0.05, 0.1) is 0 Å². The van der Waals surface area contributed by atoms with Crippen LogP contribution in [0.1, 0.15) is 6.92 Å². The van der Waals surface area contributed by atoms with Crippen LogP contribution in [-0.4, -0.2) is 0 Å². The molecule has 0 fully saturated rings. The Morgan fingerprint density at radius 2 is 1.93 bits per heavy atom. The first-order valence-electron chi connectivity index (χ1n) is 3.67. The number of hydrogen-bond acceptors (Lipinski definition) is 2. The second-order valence-corrected chi connectivity index (χ2v) is 2.62. The van der Waals surface area contributed by atoms with Crippen LogP contribution in [0.2, 0.25) is 0 Å². The number of nitriles is 1. The minimum absolute atomic E-state index is 0.0966. The highest BCUT2D eigenvalue weighted by atomic mass is 19.1. The van der Waals surface area contributed by atoms with Gasteiger partial charge in [0.2, 0.25) is 0 Å². The molecule has 4 heteroatoms. The van der Waals surface area contributed by atoms with Gasteiger partial charge in [-0.2, -0.15) is 5.26 Å². The summed E-state index contributed by atoms with van der Waals surface area (Å²) in [5, 5.41) is 8.25. The molecule has 0 aliphatic rings. The molecule has 0 aromatic heterocycles. The highest BCUT2D eigenvalue weighted by molar-refractivity contribution is 5.44. The van der Waals surface area contributed by atoms with Gasteiger partial charge in [-0.15, -0.1) is 0 Å². The van der Waals surface area contributed by atoms with Crippen LogP contribution < -0.4 is 5.73 Å². The number of nitrogens with zero attached hydrogens (tertiary/aromatic N) is 1. The van der Waals surface area contributed by atoms with Crippen molar-refractivity contribution in [3.8, 4) is 6.07 Å². The lowest BCUT2D eigenvalue weighted by atomic mass is 10.1. The zero-order valence-electron chi connectivity index (χ0n) is 7.77. The fourth-order valence-corrected chi connectivity index (χ4v) is 0.691. The zero-order valence-corrected chi connectivity index (χ0v) is 7.77. The van der Waals surface area contributed by atoms with Crippen molar-refractivity contribution in [2.75, 3.05) is 0 Å². The lowest BCUT2D eigenvalue weighted by Crippen LogP contribution is -1.96. The van der Waals surface area contributed by atoms with Gasteiger partial charge in [-0.25, -0.2) is 8.78 Å². The normalized spacial score (nSPS) is 12.9. The summed E-state index contributed by atoms with van der Waals surface area (Å²) in [5.74, 6) is -1.82. The third-order valence-electron chi connectivity index (χ3n) is 1.40. The van der Waals surface area contributed by atoms with E-state index in [0.717, 1.165) is 6.08 Å². The number of rotatable bonds is 3. The minimum atomic E-state index is -0.996.